The van der Waals surface area contributed by atoms with Gasteiger partial charge in [0, 0.05) is 12.6 Å². The van der Waals surface area contributed by atoms with Crippen LogP contribution in [0.2, 0.25) is 0 Å². The number of rotatable bonds is 7. The van der Waals surface area contributed by atoms with Crippen LogP contribution < -0.4 is 10.1 Å². The van der Waals surface area contributed by atoms with Crippen molar-refractivity contribution in [2.24, 2.45) is 0 Å². The second kappa shape index (κ2) is 6.95. The van der Waals surface area contributed by atoms with Crippen LogP contribution in [0.1, 0.15) is 19.0 Å². The SMILES string of the molecule is C=CCCOc1ccc(CNCC)nn1. The Labute approximate surface area is 90.4 Å². The van der Waals surface area contributed by atoms with E-state index in [0.29, 0.717) is 12.5 Å². The number of aromatic nitrogens is 2. The van der Waals surface area contributed by atoms with Gasteiger partial charge in [0.15, 0.2) is 0 Å². The minimum atomic E-state index is 0.567. The summed E-state index contributed by atoms with van der Waals surface area (Å²) in [7, 11) is 0. The van der Waals surface area contributed by atoms with E-state index in [-0.39, 0.29) is 0 Å². The Morgan fingerprint density at radius 2 is 2.33 bits per heavy atom. The van der Waals surface area contributed by atoms with Gasteiger partial charge in [-0.1, -0.05) is 13.0 Å². The van der Waals surface area contributed by atoms with Crippen LogP contribution in [-0.4, -0.2) is 23.3 Å². The van der Waals surface area contributed by atoms with Crippen LogP contribution >= 0.6 is 0 Å². The highest BCUT2D eigenvalue weighted by Crippen LogP contribution is 2.04. The Morgan fingerprint density at radius 1 is 1.47 bits per heavy atom. The molecular weight excluding hydrogens is 190 g/mol. The molecule has 1 N–H and O–H groups in total. The van der Waals surface area contributed by atoms with Gasteiger partial charge in [-0.15, -0.1) is 11.7 Å². The molecule has 0 aliphatic rings. The first-order valence-corrected chi connectivity index (χ1v) is 5.13. The monoisotopic (exact) mass is 207 g/mol. The zero-order valence-electron chi connectivity index (χ0n) is 9.07. The molecule has 0 saturated carbocycles. The zero-order chi connectivity index (χ0) is 10.9. The third kappa shape index (κ3) is 4.56. The molecule has 1 aromatic heterocycles. The summed E-state index contributed by atoms with van der Waals surface area (Å²) in [6.45, 7) is 7.95. The van der Waals surface area contributed by atoms with Crippen LogP contribution in [0.4, 0.5) is 0 Å². The van der Waals surface area contributed by atoms with Crippen LogP contribution in [0.25, 0.3) is 0 Å². The first kappa shape index (κ1) is 11.7. The van der Waals surface area contributed by atoms with Crippen LogP contribution in [0.3, 0.4) is 0 Å². The highest BCUT2D eigenvalue weighted by Gasteiger charge is 1.97. The Morgan fingerprint density at radius 3 is 2.93 bits per heavy atom. The predicted molar refractivity (Wildman–Crippen MR) is 59.7 cm³/mol. The molecule has 0 spiro atoms. The summed E-state index contributed by atoms with van der Waals surface area (Å²) in [5.74, 6) is 0.567. The lowest BCUT2D eigenvalue weighted by Crippen LogP contribution is -2.13. The van der Waals surface area contributed by atoms with Gasteiger partial charge >= 0.3 is 0 Å². The van der Waals surface area contributed by atoms with E-state index in [0.717, 1.165) is 25.2 Å². The number of nitrogens with zero attached hydrogens (tertiary/aromatic N) is 2. The third-order valence-electron chi connectivity index (χ3n) is 1.82. The molecule has 0 atom stereocenters. The number of ether oxygens (including phenoxy) is 1. The molecule has 0 amide bonds. The molecule has 82 valence electrons. The largest absolute Gasteiger partial charge is 0.476 e. The quantitative estimate of drug-likeness (QED) is 0.544. The fraction of sp³-hybridized carbons (Fsp3) is 0.455. The van der Waals surface area contributed by atoms with Crippen molar-refractivity contribution < 1.29 is 4.74 Å². The molecule has 1 aromatic rings. The molecule has 1 rings (SSSR count). The van der Waals surface area contributed by atoms with Crippen LogP contribution in [0.15, 0.2) is 24.8 Å². The van der Waals surface area contributed by atoms with Crippen molar-refractivity contribution >= 4 is 0 Å². The standard InChI is InChI=1S/C11H17N3O/c1-3-5-8-15-11-7-6-10(13-14-11)9-12-4-2/h3,6-7,12H,1,4-5,8-9H2,2H3. The second-order valence-electron chi connectivity index (χ2n) is 3.07. The van der Waals surface area contributed by atoms with Gasteiger partial charge in [0.05, 0.1) is 12.3 Å². The van der Waals surface area contributed by atoms with Gasteiger partial charge in [0.2, 0.25) is 5.88 Å². The summed E-state index contributed by atoms with van der Waals surface area (Å²) in [6.07, 6.45) is 2.63. The van der Waals surface area contributed by atoms with E-state index in [1.165, 1.54) is 0 Å². The van der Waals surface area contributed by atoms with Gasteiger partial charge in [-0.05, 0) is 19.0 Å². The van der Waals surface area contributed by atoms with Crippen molar-refractivity contribution in [3.63, 3.8) is 0 Å². The maximum atomic E-state index is 5.34. The topological polar surface area (TPSA) is 47.0 Å². The Hall–Kier alpha value is -1.42. The van der Waals surface area contributed by atoms with E-state index >= 15 is 0 Å². The summed E-state index contributed by atoms with van der Waals surface area (Å²) in [5, 5.41) is 11.2. The first-order chi connectivity index (χ1) is 7.36. The molecule has 0 aliphatic carbocycles. The minimum Gasteiger partial charge on any atom is -0.476 e. The van der Waals surface area contributed by atoms with E-state index in [1.54, 1.807) is 0 Å². The zero-order valence-corrected chi connectivity index (χ0v) is 9.07. The molecule has 4 heteroatoms. The van der Waals surface area contributed by atoms with Crippen LogP contribution in [0.5, 0.6) is 5.88 Å². The molecule has 0 unspecified atom stereocenters. The maximum Gasteiger partial charge on any atom is 0.233 e. The van der Waals surface area contributed by atoms with Crippen molar-refractivity contribution in [2.75, 3.05) is 13.2 Å². The molecule has 0 aliphatic heterocycles. The fourth-order valence-electron chi connectivity index (χ4n) is 1.02. The highest BCUT2D eigenvalue weighted by atomic mass is 16.5. The second-order valence-corrected chi connectivity index (χ2v) is 3.07. The molecule has 0 fully saturated rings. The van der Waals surface area contributed by atoms with Gasteiger partial charge in [0.1, 0.15) is 0 Å². The van der Waals surface area contributed by atoms with Gasteiger partial charge in [-0.2, -0.15) is 5.10 Å². The lowest BCUT2D eigenvalue weighted by atomic mass is 10.4. The Bertz CT molecular complexity index is 284. The van der Waals surface area contributed by atoms with Gasteiger partial charge in [0.25, 0.3) is 0 Å². The molecule has 4 nitrogen and oxygen atoms in total. The summed E-state index contributed by atoms with van der Waals surface area (Å²) < 4.78 is 5.34. The molecule has 0 bridgehead atoms. The summed E-state index contributed by atoms with van der Waals surface area (Å²) in [4.78, 5) is 0. The van der Waals surface area contributed by atoms with E-state index in [4.69, 9.17) is 4.74 Å². The smallest absolute Gasteiger partial charge is 0.233 e. The van der Waals surface area contributed by atoms with Crippen molar-refractivity contribution in [1.29, 1.82) is 0 Å². The average molecular weight is 207 g/mol. The van der Waals surface area contributed by atoms with Gasteiger partial charge < -0.3 is 10.1 Å². The predicted octanol–water partition coefficient (Wildman–Crippen LogP) is 1.54. The maximum absolute atomic E-state index is 5.34. The molecule has 0 saturated heterocycles. The average Bonchev–Trinajstić information content (AvgIpc) is 2.28. The van der Waals surface area contributed by atoms with Gasteiger partial charge in [-0.3, -0.25) is 0 Å². The van der Waals surface area contributed by atoms with Crippen molar-refractivity contribution in [3.05, 3.63) is 30.5 Å². The number of hydrogen-bond donors (Lipinski definition) is 1. The van der Waals surface area contributed by atoms with Crippen molar-refractivity contribution in [2.45, 2.75) is 19.9 Å². The summed E-state index contributed by atoms with van der Waals surface area (Å²) >= 11 is 0. The van der Waals surface area contributed by atoms with E-state index in [2.05, 4.69) is 29.0 Å². The molecule has 1 heterocycles. The minimum absolute atomic E-state index is 0.567. The molecule has 15 heavy (non-hydrogen) atoms. The lowest BCUT2D eigenvalue weighted by molar-refractivity contribution is 0.308. The van der Waals surface area contributed by atoms with E-state index in [1.807, 2.05) is 18.2 Å². The van der Waals surface area contributed by atoms with E-state index in [9.17, 15) is 0 Å². The Balaban J connectivity index is 2.38. The highest BCUT2D eigenvalue weighted by molar-refractivity contribution is 5.11. The van der Waals surface area contributed by atoms with E-state index < -0.39 is 0 Å². The van der Waals surface area contributed by atoms with Crippen molar-refractivity contribution in [1.82, 2.24) is 15.5 Å². The van der Waals surface area contributed by atoms with Crippen LogP contribution in [0, 0.1) is 0 Å². The molecule has 0 radical (unpaired) electrons. The lowest BCUT2D eigenvalue weighted by Gasteiger charge is -2.03. The fourth-order valence-corrected chi connectivity index (χ4v) is 1.02. The summed E-state index contributed by atoms with van der Waals surface area (Å²) in [5.41, 5.74) is 0.924. The van der Waals surface area contributed by atoms with Gasteiger partial charge in [-0.25, -0.2) is 0 Å². The number of hydrogen-bond acceptors (Lipinski definition) is 4. The number of nitrogens with one attached hydrogen (secondary N) is 1. The normalized spacial score (nSPS) is 9.93. The molecule has 0 aromatic carbocycles. The van der Waals surface area contributed by atoms with Crippen molar-refractivity contribution in [3.8, 4) is 5.88 Å². The summed E-state index contributed by atoms with van der Waals surface area (Å²) in [6, 6.07) is 3.75. The third-order valence-corrected chi connectivity index (χ3v) is 1.82. The molecular formula is C11H17N3O. The first-order valence-electron chi connectivity index (χ1n) is 5.13. The Kier molecular flexibility index (Phi) is 5.40. The van der Waals surface area contributed by atoms with Crippen LogP contribution in [-0.2, 0) is 6.54 Å².